The van der Waals surface area contributed by atoms with Crippen LogP contribution >= 0.6 is 11.8 Å². The van der Waals surface area contributed by atoms with E-state index in [-0.39, 0.29) is 10.7 Å². The smallest absolute Gasteiger partial charge is 0.156 e. The molecule has 0 fully saturated rings. The van der Waals surface area contributed by atoms with Crippen LogP contribution in [0.15, 0.2) is 40.5 Å². The van der Waals surface area contributed by atoms with Crippen LogP contribution in [0.3, 0.4) is 0 Å². The van der Waals surface area contributed by atoms with Gasteiger partial charge in [0.1, 0.15) is 16.7 Å². The number of nitrogens with two attached hydrogens (primary N) is 1. The zero-order chi connectivity index (χ0) is 11.5. The maximum atomic E-state index is 13.3. The van der Waals surface area contributed by atoms with E-state index >= 15 is 0 Å². The van der Waals surface area contributed by atoms with Crippen molar-refractivity contribution in [3.63, 3.8) is 0 Å². The van der Waals surface area contributed by atoms with Crippen LogP contribution in [-0.2, 0) is 0 Å². The Morgan fingerprint density at radius 1 is 1.12 bits per heavy atom. The number of halogens is 2. The summed E-state index contributed by atoms with van der Waals surface area (Å²) >= 11 is 0.941. The fraction of sp³-hybridized carbons (Fsp3) is 0. The molecule has 1 heterocycles. The lowest BCUT2D eigenvalue weighted by molar-refractivity contribution is 0.577. The summed E-state index contributed by atoms with van der Waals surface area (Å²) in [7, 11) is 0. The molecule has 0 amide bonds. The highest BCUT2D eigenvalue weighted by Crippen LogP contribution is 2.31. The third-order valence-corrected chi connectivity index (χ3v) is 2.83. The molecule has 6 heteroatoms. The van der Waals surface area contributed by atoms with Gasteiger partial charge in [-0.25, -0.2) is 18.7 Å². The van der Waals surface area contributed by atoms with Crippen molar-refractivity contribution in [1.82, 2.24) is 9.97 Å². The van der Waals surface area contributed by atoms with Crippen LogP contribution in [0, 0.1) is 11.6 Å². The number of hydrogen-bond donors (Lipinski definition) is 1. The Balaban J connectivity index is 2.34. The first kappa shape index (κ1) is 10.8. The van der Waals surface area contributed by atoms with Crippen LogP contribution in [0.5, 0.6) is 0 Å². The highest BCUT2D eigenvalue weighted by molar-refractivity contribution is 7.99. The number of anilines is 1. The molecule has 0 spiro atoms. The average molecular weight is 239 g/mol. The summed E-state index contributed by atoms with van der Waals surface area (Å²) in [6.07, 6.45) is 2.87. The Morgan fingerprint density at radius 2 is 1.88 bits per heavy atom. The van der Waals surface area contributed by atoms with Gasteiger partial charge in [0.2, 0.25) is 0 Å². The van der Waals surface area contributed by atoms with Gasteiger partial charge in [0.25, 0.3) is 0 Å². The van der Waals surface area contributed by atoms with Crippen LogP contribution in [-0.4, -0.2) is 9.97 Å². The second-order valence-electron chi connectivity index (χ2n) is 2.92. The van der Waals surface area contributed by atoms with Gasteiger partial charge in [0.05, 0.1) is 4.90 Å². The van der Waals surface area contributed by atoms with Crippen LogP contribution < -0.4 is 5.73 Å². The minimum atomic E-state index is -0.517. The lowest BCUT2D eigenvalue weighted by atomic mass is 10.3. The van der Waals surface area contributed by atoms with Crippen LogP contribution in [0.25, 0.3) is 0 Å². The largest absolute Gasteiger partial charge is 0.381 e. The van der Waals surface area contributed by atoms with Crippen molar-refractivity contribution in [1.29, 1.82) is 0 Å². The molecule has 0 unspecified atom stereocenters. The topological polar surface area (TPSA) is 51.8 Å². The van der Waals surface area contributed by atoms with E-state index in [0.717, 1.165) is 30.0 Å². The molecule has 2 aromatic rings. The predicted molar refractivity (Wildman–Crippen MR) is 56.9 cm³/mol. The second kappa shape index (κ2) is 4.44. The van der Waals surface area contributed by atoms with E-state index in [1.807, 2.05) is 0 Å². The molecule has 2 N–H and O–H groups in total. The van der Waals surface area contributed by atoms with Gasteiger partial charge >= 0.3 is 0 Å². The lowest BCUT2D eigenvalue weighted by Gasteiger charge is -2.03. The van der Waals surface area contributed by atoms with Crippen molar-refractivity contribution >= 4 is 17.6 Å². The zero-order valence-electron chi connectivity index (χ0n) is 8.02. The maximum Gasteiger partial charge on any atom is 0.156 e. The monoisotopic (exact) mass is 239 g/mol. The average Bonchev–Trinajstić information content (AvgIpc) is 2.27. The molecule has 1 aromatic carbocycles. The lowest BCUT2D eigenvalue weighted by Crippen LogP contribution is -1.95. The van der Waals surface area contributed by atoms with E-state index in [2.05, 4.69) is 9.97 Å². The highest BCUT2D eigenvalue weighted by Gasteiger charge is 2.09. The van der Waals surface area contributed by atoms with Crippen molar-refractivity contribution in [3.8, 4) is 0 Å². The molecular weight excluding hydrogens is 232 g/mol. The zero-order valence-corrected chi connectivity index (χ0v) is 8.84. The van der Waals surface area contributed by atoms with Gasteiger partial charge in [-0.2, -0.15) is 0 Å². The van der Waals surface area contributed by atoms with Crippen molar-refractivity contribution in [2.75, 3.05) is 5.73 Å². The minimum absolute atomic E-state index is 0.132. The molecule has 0 aliphatic carbocycles. The quantitative estimate of drug-likeness (QED) is 0.874. The fourth-order valence-corrected chi connectivity index (χ4v) is 1.89. The third-order valence-electron chi connectivity index (χ3n) is 1.79. The number of benzene rings is 1. The number of aromatic nitrogens is 2. The molecule has 16 heavy (non-hydrogen) atoms. The highest BCUT2D eigenvalue weighted by atomic mass is 32.2. The van der Waals surface area contributed by atoms with Crippen molar-refractivity contribution in [3.05, 3.63) is 42.2 Å². The SMILES string of the molecule is Nc1nccnc1Sc1cc(F)ccc1F. The molecule has 0 radical (unpaired) electrons. The van der Waals surface area contributed by atoms with Crippen LogP contribution in [0.1, 0.15) is 0 Å². The summed E-state index contributed by atoms with van der Waals surface area (Å²) in [6, 6.07) is 3.21. The van der Waals surface area contributed by atoms with Crippen LogP contribution in [0.2, 0.25) is 0 Å². The number of nitrogens with zero attached hydrogens (tertiary/aromatic N) is 2. The Kier molecular flexibility index (Phi) is 3.00. The van der Waals surface area contributed by atoms with Gasteiger partial charge in [-0.05, 0) is 18.2 Å². The predicted octanol–water partition coefficient (Wildman–Crippen LogP) is 2.49. The maximum absolute atomic E-state index is 13.3. The Hall–Kier alpha value is -1.69. The van der Waals surface area contributed by atoms with Crippen molar-refractivity contribution in [2.45, 2.75) is 9.92 Å². The van der Waals surface area contributed by atoms with Gasteiger partial charge in [-0.1, -0.05) is 11.8 Å². The van der Waals surface area contributed by atoms with E-state index in [4.69, 9.17) is 5.73 Å². The molecule has 0 saturated carbocycles. The summed E-state index contributed by atoms with van der Waals surface area (Å²) in [5.41, 5.74) is 5.55. The van der Waals surface area contributed by atoms with E-state index in [0.29, 0.717) is 5.03 Å². The first-order valence-corrected chi connectivity index (χ1v) is 5.18. The fourth-order valence-electron chi connectivity index (χ4n) is 1.07. The van der Waals surface area contributed by atoms with Gasteiger partial charge in [0, 0.05) is 12.4 Å². The second-order valence-corrected chi connectivity index (χ2v) is 3.95. The third kappa shape index (κ3) is 2.27. The van der Waals surface area contributed by atoms with Gasteiger partial charge in [0.15, 0.2) is 5.82 Å². The molecule has 0 atom stereocenters. The molecule has 0 bridgehead atoms. The van der Waals surface area contributed by atoms with Crippen molar-refractivity contribution < 1.29 is 8.78 Å². The van der Waals surface area contributed by atoms with Gasteiger partial charge in [-0.15, -0.1) is 0 Å². The number of nitrogen functional groups attached to an aromatic ring is 1. The Labute approximate surface area is 94.7 Å². The normalized spacial score (nSPS) is 10.4. The molecular formula is C10H7F2N3S. The van der Waals surface area contributed by atoms with E-state index in [9.17, 15) is 8.78 Å². The summed E-state index contributed by atoms with van der Waals surface area (Å²) in [5.74, 6) is -0.834. The molecule has 0 aliphatic heterocycles. The Morgan fingerprint density at radius 3 is 2.62 bits per heavy atom. The molecule has 82 valence electrons. The first-order valence-electron chi connectivity index (χ1n) is 4.36. The minimum Gasteiger partial charge on any atom is -0.381 e. The van der Waals surface area contributed by atoms with Gasteiger partial charge in [-0.3, -0.25) is 0 Å². The van der Waals surface area contributed by atoms with E-state index < -0.39 is 11.6 Å². The van der Waals surface area contributed by atoms with E-state index in [1.165, 1.54) is 12.4 Å². The molecule has 0 aliphatic rings. The summed E-state index contributed by atoms with van der Waals surface area (Å²) < 4.78 is 26.2. The standard InChI is InChI=1S/C10H7F2N3S/c11-6-1-2-7(12)8(5-6)16-10-9(13)14-3-4-15-10/h1-5H,(H2,13,14). The van der Waals surface area contributed by atoms with E-state index in [1.54, 1.807) is 0 Å². The molecule has 1 aromatic heterocycles. The van der Waals surface area contributed by atoms with Crippen molar-refractivity contribution in [2.24, 2.45) is 0 Å². The summed E-state index contributed by atoms with van der Waals surface area (Å²) in [4.78, 5) is 7.87. The summed E-state index contributed by atoms with van der Waals surface area (Å²) in [5, 5.41) is 0.354. The Bertz CT molecular complexity index is 519. The number of hydrogen-bond acceptors (Lipinski definition) is 4. The van der Waals surface area contributed by atoms with Crippen LogP contribution in [0.4, 0.5) is 14.6 Å². The first-order chi connectivity index (χ1) is 7.66. The molecule has 3 nitrogen and oxygen atoms in total. The number of rotatable bonds is 2. The molecule has 0 saturated heterocycles. The summed E-state index contributed by atoms with van der Waals surface area (Å²) in [6.45, 7) is 0. The molecule has 2 rings (SSSR count). The van der Waals surface area contributed by atoms with Gasteiger partial charge < -0.3 is 5.73 Å².